The summed E-state index contributed by atoms with van der Waals surface area (Å²) in [6.07, 6.45) is -7.36. The topological polar surface area (TPSA) is 132 Å². The summed E-state index contributed by atoms with van der Waals surface area (Å²) in [6.45, 7) is 4.07. The fraction of sp³-hybridized carbons (Fsp3) is 0.588. The van der Waals surface area contributed by atoms with E-state index in [0.717, 1.165) is 20.8 Å². The Labute approximate surface area is 169 Å². The molecule has 1 aliphatic heterocycles. The van der Waals surface area contributed by atoms with Crippen molar-refractivity contribution < 1.29 is 51.6 Å². The molecule has 2 heterocycles. The third-order valence-electron chi connectivity index (χ3n) is 3.87. The number of hydrogen-bond acceptors (Lipinski definition) is 10. The van der Waals surface area contributed by atoms with E-state index in [2.05, 4.69) is 9.72 Å². The number of rotatable bonds is 7. The third-order valence-corrected chi connectivity index (χ3v) is 3.87. The normalized spacial score (nSPS) is 23.0. The Morgan fingerprint density at radius 3 is 2.13 bits per heavy atom. The van der Waals surface area contributed by atoms with Crippen LogP contribution in [0.25, 0.3) is 0 Å². The lowest BCUT2D eigenvalue weighted by molar-refractivity contribution is -0.166. The van der Waals surface area contributed by atoms with Gasteiger partial charge in [-0.1, -0.05) is 0 Å². The molecule has 13 heteroatoms. The molecule has 0 radical (unpaired) electrons. The zero-order valence-electron chi connectivity index (χ0n) is 16.5. The predicted molar refractivity (Wildman–Crippen MR) is 89.8 cm³/mol. The zero-order valence-corrected chi connectivity index (χ0v) is 16.5. The zero-order chi connectivity index (χ0) is 22.6. The van der Waals surface area contributed by atoms with E-state index in [1.807, 2.05) is 0 Å². The number of hydrogen-bond donors (Lipinski definition) is 0. The lowest BCUT2D eigenvalue weighted by atomic mass is 10.1. The predicted octanol–water partition coefficient (Wildman–Crippen LogP) is 0.662. The lowest BCUT2D eigenvalue weighted by Gasteiger charge is -2.23. The van der Waals surface area contributed by atoms with E-state index < -0.39 is 72.7 Å². The van der Waals surface area contributed by atoms with Crippen molar-refractivity contribution in [2.45, 2.75) is 52.2 Å². The van der Waals surface area contributed by atoms with E-state index in [-0.39, 0.29) is 11.2 Å². The Kier molecular flexibility index (Phi) is 7.43. The molecule has 4 atom stereocenters. The van der Waals surface area contributed by atoms with Crippen LogP contribution in [-0.2, 0) is 38.1 Å². The number of ether oxygens (including phenoxy) is 5. The number of halogens is 2. The summed E-state index contributed by atoms with van der Waals surface area (Å²) < 4.78 is 54.6. The average molecular weight is 434 g/mol. The summed E-state index contributed by atoms with van der Waals surface area (Å²) in [5.74, 6) is -5.05. The Morgan fingerprint density at radius 2 is 1.60 bits per heavy atom. The number of carbonyl (C=O) groups excluding carboxylic acids is 4. The molecule has 0 bridgehead atoms. The van der Waals surface area contributed by atoms with Crippen molar-refractivity contribution in [1.29, 1.82) is 0 Å². The average Bonchev–Trinajstić information content (AvgIpc) is 3.10. The third kappa shape index (κ3) is 5.09. The van der Waals surface area contributed by atoms with E-state index in [4.69, 9.17) is 18.9 Å². The Hall–Kier alpha value is -3.09. The van der Waals surface area contributed by atoms with Crippen LogP contribution in [0.1, 0.15) is 44.4 Å². The molecule has 1 fully saturated rings. The van der Waals surface area contributed by atoms with Crippen molar-refractivity contribution in [1.82, 2.24) is 9.55 Å². The van der Waals surface area contributed by atoms with Crippen LogP contribution in [0.3, 0.4) is 0 Å². The summed E-state index contributed by atoms with van der Waals surface area (Å²) in [5.41, 5.74) is -0.952. The molecule has 0 amide bonds. The minimum atomic E-state index is -1.73. The van der Waals surface area contributed by atoms with Gasteiger partial charge < -0.3 is 23.7 Å². The van der Waals surface area contributed by atoms with Crippen molar-refractivity contribution in [3.8, 4) is 0 Å². The first-order valence-corrected chi connectivity index (χ1v) is 8.80. The molecule has 166 valence electrons. The Balaban J connectivity index is 2.48. The maximum Gasteiger partial charge on any atom is 0.361 e. The molecule has 30 heavy (non-hydrogen) atoms. The molecule has 0 aromatic carbocycles. The van der Waals surface area contributed by atoms with E-state index in [1.54, 1.807) is 0 Å². The molecular formula is C17H20F2N2O9. The largest absolute Gasteiger partial charge is 0.463 e. The highest BCUT2D eigenvalue weighted by Crippen LogP contribution is 2.36. The number of carbonyl (C=O) groups is 4. The van der Waals surface area contributed by atoms with E-state index in [1.165, 1.54) is 6.92 Å². The quantitative estimate of drug-likeness (QED) is 0.445. The van der Waals surface area contributed by atoms with Crippen molar-refractivity contribution in [3.05, 3.63) is 17.7 Å². The summed E-state index contributed by atoms with van der Waals surface area (Å²) in [6, 6.07) is 0. The molecule has 0 N–H and O–H groups in total. The molecule has 1 saturated heterocycles. The molecular weight excluding hydrogens is 414 g/mol. The van der Waals surface area contributed by atoms with Gasteiger partial charge in [-0.05, 0) is 6.92 Å². The van der Waals surface area contributed by atoms with Crippen LogP contribution in [0.4, 0.5) is 8.78 Å². The van der Waals surface area contributed by atoms with Crippen LogP contribution in [0, 0.1) is 12.0 Å². The van der Waals surface area contributed by atoms with Gasteiger partial charge >= 0.3 is 23.9 Å². The van der Waals surface area contributed by atoms with Gasteiger partial charge in [0.05, 0.1) is 6.61 Å². The van der Waals surface area contributed by atoms with Crippen LogP contribution in [-0.4, -0.2) is 65.0 Å². The minimum absolute atomic E-state index is 0.109. The van der Waals surface area contributed by atoms with Gasteiger partial charge in [-0.2, -0.15) is 13.8 Å². The van der Waals surface area contributed by atoms with Gasteiger partial charge in [-0.25, -0.2) is 9.36 Å². The number of nitrogens with zero attached hydrogens (tertiary/aromatic N) is 2. The molecule has 1 aromatic rings. The molecule has 1 aromatic heterocycles. The van der Waals surface area contributed by atoms with Crippen molar-refractivity contribution in [3.63, 3.8) is 0 Å². The van der Waals surface area contributed by atoms with Crippen LogP contribution in [0.15, 0.2) is 0 Å². The molecule has 0 aliphatic carbocycles. The van der Waals surface area contributed by atoms with Crippen LogP contribution in [0.5, 0.6) is 0 Å². The highest BCUT2D eigenvalue weighted by atomic mass is 19.1. The van der Waals surface area contributed by atoms with E-state index in [0.29, 0.717) is 0 Å². The number of imidazole rings is 1. The van der Waals surface area contributed by atoms with Gasteiger partial charge in [0, 0.05) is 20.8 Å². The second kappa shape index (κ2) is 9.61. The van der Waals surface area contributed by atoms with Gasteiger partial charge in [0.2, 0.25) is 11.6 Å². The van der Waals surface area contributed by atoms with Crippen LogP contribution in [0.2, 0.25) is 0 Å². The van der Waals surface area contributed by atoms with Gasteiger partial charge in [-0.15, -0.1) is 0 Å². The first-order valence-electron chi connectivity index (χ1n) is 8.80. The summed E-state index contributed by atoms with van der Waals surface area (Å²) in [5, 5.41) is 0. The van der Waals surface area contributed by atoms with Crippen molar-refractivity contribution in [2.24, 2.45) is 0 Å². The number of esters is 4. The van der Waals surface area contributed by atoms with E-state index in [9.17, 15) is 28.0 Å². The fourth-order valence-corrected chi connectivity index (χ4v) is 2.83. The molecule has 11 nitrogen and oxygen atoms in total. The summed E-state index contributed by atoms with van der Waals surface area (Å²) in [4.78, 5) is 49.2. The smallest absolute Gasteiger partial charge is 0.361 e. The molecule has 2 rings (SSSR count). The Bertz CT molecular complexity index is 841. The second-order valence-electron chi connectivity index (χ2n) is 6.13. The second-order valence-corrected chi connectivity index (χ2v) is 6.13. The molecule has 1 aliphatic rings. The first-order chi connectivity index (χ1) is 14.1. The van der Waals surface area contributed by atoms with Crippen LogP contribution >= 0.6 is 0 Å². The molecule has 0 spiro atoms. The maximum atomic E-state index is 14.8. The summed E-state index contributed by atoms with van der Waals surface area (Å²) >= 11 is 0. The molecule has 0 saturated carbocycles. The fourth-order valence-electron chi connectivity index (χ4n) is 2.83. The van der Waals surface area contributed by atoms with Crippen LogP contribution < -0.4 is 0 Å². The SMILES string of the molecule is CCOC(=O)c1nc(F)n(C2OC(COC(C)=O)C(OC(C)=O)C2OC(C)=O)c1F. The van der Waals surface area contributed by atoms with Crippen molar-refractivity contribution in [2.75, 3.05) is 13.2 Å². The highest BCUT2D eigenvalue weighted by molar-refractivity contribution is 5.87. The lowest BCUT2D eigenvalue weighted by Crippen LogP contribution is -2.40. The standard InChI is InChI=1S/C17H20F2N2O9/c1-5-26-16(25)11-14(18)21(17(19)20-11)15-13(29-9(4)24)12(28-8(3)23)10(30-15)6-27-7(2)22/h10,12-13,15H,5-6H2,1-4H3. The van der Waals surface area contributed by atoms with Gasteiger partial charge in [0.25, 0.3) is 6.08 Å². The summed E-state index contributed by atoms with van der Waals surface area (Å²) in [7, 11) is 0. The number of aromatic nitrogens is 2. The van der Waals surface area contributed by atoms with Gasteiger partial charge in [0.15, 0.2) is 18.4 Å². The molecule has 4 unspecified atom stereocenters. The highest BCUT2D eigenvalue weighted by Gasteiger charge is 2.52. The monoisotopic (exact) mass is 434 g/mol. The van der Waals surface area contributed by atoms with Gasteiger partial charge in [0.1, 0.15) is 12.7 Å². The van der Waals surface area contributed by atoms with Gasteiger partial charge in [-0.3, -0.25) is 14.4 Å². The first kappa shape index (κ1) is 23.2. The van der Waals surface area contributed by atoms with E-state index >= 15 is 0 Å². The maximum absolute atomic E-state index is 14.8. The Morgan fingerprint density at radius 1 is 1.00 bits per heavy atom. The van der Waals surface area contributed by atoms with Crippen molar-refractivity contribution >= 4 is 23.9 Å². The minimum Gasteiger partial charge on any atom is -0.463 e.